The van der Waals surface area contributed by atoms with Crippen molar-refractivity contribution < 1.29 is 9.53 Å². The van der Waals surface area contributed by atoms with Crippen molar-refractivity contribution in [3.63, 3.8) is 0 Å². The van der Waals surface area contributed by atoms with Crippen molar-refractivity contribution in [2.24, 2.45) is 0 Å². The maximum atomic E-state index is 11.3. The summed E-state index contributed by atoms with van der Waals surface area (Å²) in [6.45, 7) is 0. The van der Waals surface area contributed by atoms with Gasteiger partial charge in [0.25, 0.3) is 0 Å². The number of hydrogen-bond donors (Lipinski definition) is 1. The molecule has 2 rings (SSSR count). The molecular weight excluding hydrogens is 204 g/mol. The molecule has 0 spiro atoms. The highest BCUT2D eigenvalue weighted by molar-refractivity contribution is 5.64. The molecule has 0 atom stereocenters. The maximum Gasteiger partial charge on any atom is 0.168 e. The zero-order valence-electron chi connectivity index (χ0n) is 9.14. The van der Waals surface area contributed by atoms with E-state index in [4.69, 9.17) is 10.1 Å². The molecule has 0 unspecified atom stereocenters. The van der Waals surface area contributed by atoms with E-state index in [1.165, 1.54) is 7.11 Å². The molecule has 0 aliphatic heterocycles. The fraction of sp³-hybridized carbons (Fsp3) is 0.333. The fourth-order valence-corrected chi connectivity index (χ4v) is 2.03. The number of carbonyl (C=O) groups excluding carboxylic acids is 1. The van der Waals surface area contributed by atoms with Gasteiger partial charge in [0.1, 0.15) is 11.8 Å². The third-order valence-electron chi connectivity index (χ3n) is 2.99. The Balaban J connectivity index is 2.55. The predicted molar refractivity (Wildman–Crippen MR) is 59.3 cm³/mol. The number of nitrogens with one attached hydrogen (secondary N) is 1. The molecule has 0 amide bonds. The van der Waals surface area contributed by atoms with Crippen LogP contribution in [0.4, 0.5) is 0 Å². The van der Waals surface area contributed by atoms with Crippen LogP contribution in [0, 0.1) is 5.41 Å². The SMILES string of the molecule is COc1cccn(C2(C=O)CC=CC2)c1=N. The molecule has 1 N–H and O–H groups in total. The molecular formula is C12H14N2O2. The second kappa shape index (κ2) is 3.96. The molecule has 1 aliphatic rings. The summed E-state index contributed by atoms with van der Waals surface area (Å²) in [7, 11) is 1.53. The monoisotopic (exact) mass is 218 g/mol. The van der Waals surface area contributed by atoms with Gasteiger partial charge in [-0.1, -0.05) is 12.2 Å². The zero-order chi connectivity index (χ0) is 11.6. The Morgan fingerprint density at radius 1 is 1.50 bits per heavy atom. The Bertz CT molecular complexity index is 480. The van der Waals surface area contributed by atoms with Crippen molar-refractivity contribution in [1.29, 1.82) is 5.41 Å². The highest BCUT2D eigenvalue weighted by Gasteiger charge is 2.32. The Morgan fingerprint density at radius 3 is 2.75 bits per heavy atom. The van der Waals surface area contributed by atoms with Crippen LogP contribution in [0.3, 0.4) is 0 Å². The highest BCUT2D eigenvalue weighted by Crippen LogP contribution is 2.28. The van der Waals surface area contributed by atoms with Crippen molar-refractivity contribution in [2.45, 2.75) is 18.4 Å². The van der Waals surface area contributed by atoms with Gasteiger partial charge in [-0.3, -0.25) is 5.41 Å². The number of ether oxygens (including phenoxy) is 1. The summed E-state index contributed by atoms with van der Waals surface area (Å²) >= 11 is 0. The van der Waals surface area contributed by atoms with E-state index >= 15 is 0 Å². The fourth-order valence-electron chi connectivity index (χ4n) is 2.03. The number of allylic oxidation sites excluding steroid dienone is 2. The van der Waals surface area contributed by atoms with Crippen molar-refractivity contribution >= 4 is 6.29 Å². The summed E-state index contributed by atoms with van der Waals surface area (Å²) in [6, 6.07) is 3.51. The zero-order valence-corrected chi connectivity index (χ0v) is 9.14. The van der Waals surface area contributed by atoms with Gasteiger partial charge in [-0.2, -0.15) is 0 Å². The molecule has 0 radical (unpaired) electrons. The second-order valence-corrected chi connectivity index (χ2v) is 3.90. The first-order valence-electron chi connectivity index (χ1n) is 5.15. The minimum atomic E-state index is -0.633. The Morgan fingerprint density at radius 2 is 2.19 bits per heavy atom. The van der Waals surface area contributed by atoms with E-state index in [2.05, 4.69) is 0 Å². The van der Waals surface area contributed by atoms with Crippen molar-refractivity contribution in [3.8, 4) is 5.75 Å². The number of hydrogen-bond acceptors (Lipinski definition) is 3. The molecule has 0 aromatic carbocycles. The lowest BCUT2D eigenvalue weighted by Gasteiger charge is -2.26. The lowest BCUT2D eigenvalue weighted by Crippen LogP contribution is -2.40. The minimum absolute atomic E-state index is 0.237. The number of pyridine rings is 1. The first kappa shape index (κ1) is 10.7. The number of methoxy groups -OCH3 is 1. The van der Waals surface area contributed by atoms with Crippen molar-refractivity contribution in [3.05, 3.63) is 36.0 Å². The molecule has 0 saturated carbocycles. The van der Waals surface area contributed by atoms with E-state index in [1.807, 2.05) is 12.2 Å². The smallest absolute Gasteiger partial charge is 0.168 e. The Hall–Kier alpha value is -1.84. The summed E-state index contributed by atoms with van der Waals surface area (Å²) < 4.78 is 6.77. The van der Waals surface area contributed by atoms with Gasteiger partial charge in [-0.25, -0.2) is 0 Å². The van der Waals surface area contributed by atoms with Crippen molar-refractivity contribution in [2.75, 3.05) is 7.11 Å². The molecule has 1 heterocycles. The van der Waals surface area contributed by atoms with Gasteiger partial charge in [-0.15, -0.1) is 0 Å². The van der Waals surface area contributed by atoms with Gasteiger partial charge < -0.3 is 14.1 Å². The predicted octanol–water partition coefficient (Wildman–Crippen LogP) is 1.22. The molecule has 1 aromatic rings. The quantitative estimate of drug-likeness (QED) is 0.612. The normalized spacial score (nSPS) is 17.3. The van der Waals surface area contributed by atoms with Gasteiger partial charge in [0.05, 0.1) is 7.11 Å². The van der Waals surface area contributed by atoms with Crippen LogP contribution in [0.1, 0.15) is 12.8 Å². The molecule has 0 bridgehead atoms. The first-order chi connectivity index (χ1) is 7.73. The van der Waals surface area contributed by atoms with Crippen LogP contribution in [0.5, 0.6) is 5.75 Å². The lowest BCUT2D eigenvalue weighted by atomic mass is 9.98. The molecule has 1 aromatic heterocycles. The van der Waals surface area contributed by atoms with Crippen molar-refractivity contribution in [1.82, 2.24) is 4.57 Å². The van der Waals surface area contributed by atoms with Crippen LogP contribution in [0.15, 0.2) is 30.5 Å². The maximum absolute atomic E-state index is 11.3. The average molecular weight is 218 g/mol. The number of aldehydes is 1. The molecule has 16 heavy (non-hydrogen) atoms. The van der Waals surface area contributed by atoms with E-state index in [0.29, 0.717) is 18.6 Å². The van der Waals surface area contributed by atoms with Gasteiger partial charge in [0.2, 0.25) is 0 Å². The third-order valence-corrected chi connectivity index (χ3v) is 2.99. The number of carbonyl (C=O) groups is 1. The van der Waals surface area contributed by atoms with Crippen LogP contribution in [-0.4, -0.2) is 18.0 Å². The molecule has 1 aliphatic carbocycles. The molecule has 84 valence electrons. The van der Waals surface area contributed by atoms with Gasteiger partial charge in [0.15, 0.2) is 11.2 Å². The van der Waals surface area contributed by atoms with E-state index in [0.717, 1.165) is 6.29 Å². The van der Waals surface area contributed by atoms with Gasteiger partial charge in [0, 0.05) is 6.20 Å². The van der Waals surface area contributed by atoms with Crippen LogP contribution in [0.2, 0.25) is 0 Å². The number of nitrogens with zero attached hydrogens (tertiary/aromatic N) is 1. The van der Waals surface area contributed by atoms with Gasteiger partial charge >= 0.3 is 0 Å². The third kappa shape index (κ3) is 1.46. The van der Waals surface area contributed by atoms with E-state index < -0.39 is 5.54 Å². The van der Waals surface area contributed by atoms with Crippen LogP contribution in [0.25, 0.3) is 0 Å². The first-order valence-corrected chi connectivity index (χ1v) is 5.15. The van der Waals surface area contributed by atoms with Crippen LogP contribution >= 0.6 is 0 Å². The minimum Gasteiger partial charge on any atom is -0.493 e. The largest absolute Gasteiger partial charge is 0.493 e. The molecule has 4 nitrogen and oxygen atoms in total. The highest BCUT2D eigenvalue weighted by atomic mass is 16.5. The van der Waals surface area contributed by atoms with Gasteiger partial charge in [-0.05, 0) is 25.0 Å². The molecule has 0 fully saturated rings. The molecule has 4 heteroatoms. The summed E-state index contributed by atoms with van der Waals surface area (Å²) in [5.74, 6) is 0.482. The standard InChI is InChI=1S/C12H14N2O2/c1-16-10-5-4-8-14(11(10)13)12(9-15)6-2-3-7-12/h2-5,8-9,13H,6-7H2,1H3. The van der Waals surface area contributed by atoms with Crippen LogP contribution in [-0.2, 0) is 10.3 Å². The van der Waals surface area contributed by atoms with E-state index in [1.54, 1.807) is 22.9 Å². The van der Waals surface area contributed by atoms with E-state index in [9.17, 15) is 4.79 Å². The number of aromatic nitrogens is 1. The average Bonchev–Trinajstić information content (AvgIpc) is 2.79. The summed E-state index contributed by atoms with van der Waals surface area (Å²) in [4.78, 5) is 11.3. The van der Waals surface area contributed by atoms with Crippen LogP contribution < -0.4 is 10.2 Å². The summed E-state index contributed by atoms with van der Waals surface area (Å²) in [5, 5.41) is 7.99. The lowest BCUT2D eigenvalue weighted by molar-refractivity contribution is -0.115. The summed E-state index contributed by atoms with van der Waals surface area (Å²) in [5.41, 5.74) is -0.396. The topological polar surface area (TPSA) is 55.1 Å². The summed E-state index contributed by atoms with van der Waals surface area (Å²) in [6.07, 6.45) is 7.90. The number of rotatable bonds is 3. The second-order valence-electron chi connectivity index (χ2n) is 3.90. The van der Waals surface area contributed by atoms with E-state index in [-0.39, 0.29) is 5.49 Å². The Labute approximate surface area is 93.7 Å². The Kier molecular flexibility index (Phi) is 2.64. The molecule has 0 saturated heterocycles.